The molecule has 1 aromatic rings. The minimum Gasteiger partial charge on any atom is -0.465 e. The zero-order valence-electron chi connectivity index (χ0n) is 7.72. The number of amides is 1. The second-order valence-electron chi connectivity index (χ2n) is 2.56. The molecule has 0 fully saturated rings. The monoisotopic (exact) mass is 211 g/mol. The van der Waals surface area contributed by atoms with Gasteiger partial charge in [-0.2, -0.15) is 0 Å². The van der Waals surface area contributed by atoms with Crippen LogP contribution >= 0.6 is 0 Å². The highest BCUT2D eigenvalue weighted by Crippen LogP contribution is 2.08. The van der Waals surface area contributed by atoms with Gasteiger partial charge in [0.15, 0.2) is 12.5 Å². The topological polar surface area (TPSA) is 101 Å². The second kappa shape index (κ2) is 4.84. The van der Waals surface area contributed by atoms with E-state index < -0.39 is 12.3 Å². The van der Waals surface area contributed by atoms with E-state index in [1.165, 1.54) is 6.08 Å². The lowest BCUT2D eigenvalue weighted by molar-refractivity contribution is -0.114. The summed E-state index contributed by atoms with van der Waals surface area (Å²) in [6, 6.07) is 0. The molecule has 15 heavy (non-hydrogen) atoms. The summed E-state index contributed by atoms with van der Waals surface area (Å²) < 4.78 is 1.05. The zero-order chi connectivity index (χ0) is 11.3. The van der Waals surface area contributed by atoms with Gasteiger partial charge in [0.1, 0.15) is 6.33 Å². The molecule has 80 valence electrons. The largest absolute Gasteiger partial charge is 0.465 e. The van der Waals surface area contributed by atoms with E-state index in [-0.39, 0.29) is 6.54 Å². The van der Waals surface area contributed by atoms with Crippen LogP contribution in [0.25, 0.3) is 0 Å². The molecule has 0 saturated heterocycles. The summed E-state index contributed by atoms with van der Waals surface area (Å²) in [6.07, 6.45) is 0.652. The summed E-state index contributed by atoms with van der Waals surface area (Å²) in [5, 5.41) is 18.9. The number of hydrogen-bond donors (Lipinski definition) is 1. The highest BCUT2D eigenvalue weighted by atomic mass is 16.4. The molecular weight excluding hydrogens is 202 g/mol. The maximum absolute atomic E-state index is 10.8. The first kappa shape index (κ1) is 10.8. The molecule has 0 bridgehead atoms. The molecule has 8 nitrogen and oxygen atoms in total. The predicted octanol–water partition coefficient (Wildman–Crippen LogP) is -0.463. The van der Waals surface area contributed by atoms with Crippen molar-refractivity contribution in [2.24, 2.45) is 0 Å². The Balaban J connectivity index is 2.92. The van der Waals surface area contributed by atoms with E-state index in [9.17, 15) is 9.59 Å². The van der Waals surface area contributed by atoms with Crippen LogP contribution in [-0.2, 0) is 4.79 Å². The number of aldehydes is 1. The third kappa shape index (κ3) is 2.36. The summed E-state index contributed by atoms with van der Waals surface area (Å²) in [6.45, 7) is 3.41. The molecule has 1 rings (SSSR count). The molecule has 0 saturated carbocycles. The first-order valence-electron chi connectivity index (χ1n) is 3.99. The molecule has 0 aliphatic carbocycles. The molecule has 1 atom stereocenters. The Morgan fingerprint density at radius 1 is 1.73 bits per heavy atom. The van der Waals surface area contributed by atoms with Crippen LogP contribution in [-0.4, -0.2) is 49.1 Å². The Bertz CT molecular complexity index is 350. The fourth-order valence-electron chi connectivity index (χ4n) is 1.01. The van der Waals surface area contributed by atoms with Crippen molar-refractivity contribution in [3.8, 4) is 0 Å². The Kier molecular flexibility index (Phi) is 3.49. The Morgan fingerprint density at radius 3 is 2.87 bits per heavy atom. The maximum Gasteiger partial charge on any atom is 0.409 e. The Labute approximate surface area is 84.8 Å². The number of hydrogen-bond acceptors (Lipinski definition) is 5. The Hall–Kier alpha value is -2.25. The lowest BCUT2D eigenvalue weighted by Gasteiger charge is -2.22. The van der Waals surface area contributed by atoms with Gasteiger partial charge in [-0.05, 0) is 10.4 Å². The van der Waals surface area contributed by atoms with E-state index in [4.69, 9.17) is 5.11 Å². The molecule has 0 aromatic carbocycles. The van der Waals surface area contributed by atoms with E-state index in [1.807, 2.05) is 0 Å². The van der Waals surface area contributed by atoms with E-state index in [1.54, 1.807) is 0 Å². The van der Waals surface area contributed by atoms with E-state index in [0.29, 0.717) is 6.29 Å². The van der Waals surface area contributed by atoms with Gasteiger partial charge >= 0.3 is 6.09 Å². The van der Waals surface area contributed by atoms with Gasteiger partial charge in [0, 0.05) is 6.54 Å². The highest BCUT2D eigenvalue weighted by Gasteiger charge is 2.23. The molecular formula is C7H9N5O3. The lowest BCUT2D eigenvalue weighted by Crippen LogP contribution is -2.38. The van der Waals surface area contributed by atoms with Crippen LogP contribution in [0.4, 0.5) is 4.79 Å². The van der Waals surface area contributed by atoms with Crippen molar-refractivity contribution < 1.29 is 14.7 Å². The normalized spacial score (nSPS) is 11.7. The molecule has 1 aromatic heterocycles. The molecule has 0 aliphatic rings. The average molecular weight is 211 g/mol. The van der Waals surface area contributed by atoms with Crippen LogP contribution in [0.5, 0.6) is 0 Å². The van der Waals surface area contributed by atoms with Crippen molar-refractivity contribution in [1.82, 2.24) is 25.1 Å². The first-order chi connectivity index (χ1) is 7.20. The smallest absolute Gasteiger partial charge is 0.409 e. The summed E-state index contributed by atoms with van der Waals surface area (Å²) >= 11 is 0. The van der Waals surface area contributed by atoms with Crippen molar-refractivity contribution in [2.75, 3.05) is 6.54 Å². The summed E-state index contributed by atoms with van der Waals surface area (Å²) in [7, 11) is 0. The molecule has 0 radical (unpaired) electrons. The standard InChI is InChI=1S/C7H9N5O3/c1-2-3-11(7(14)15)6(4-13)12-5-8-9-10-12/h2,4-6H,1,3H2,(H,14,15). The third-order valence-electron chi connectivity index (χ3n) is 1.65. The number of nitrogens with zero attached hydrogens (tertiary/aromatic N) is 5. The van der Waals surface area contributed by atoms with Gasteiger partial charge in [0.25, 0.3) is 0 Å². The van der Waals surface area contributed by atoms with Crippen molar-refractivity contribution in [3.05, 3.63) is 19.0 Å². The number of carboxylic acid groups (broad SMARTS) is 1. The van der Waals surface area contributed by atoms with Crippen LogP contribution in [0.3, 0.4) is 0 Å². The quantitative estimate of drug-likeness (QED) is 0.522. The molecule has 1 N–H and O–H groups in total. The maximum atomic E-state index is 10.8. The van der Waals surface area contributed by atoms with E-state index >= 15 is 0 Å². The van der Waals surface area contributed by atoms with E-state index in [2.05, 4.69) is 22.1 Å². The lowest BCUT2D eigenvalue weighted by atomic mass is 10.4. The van der Waals surface area contributed by atoms with E-state index in [0.717, 1.165) is 15.9 Å². The van der Waals surface area contributed by atoms with Gasteiger partial charge in [0.2, 0.25) is 0 Å². The SMILES string of the molecule is C=CCN(C(=O)O)C(C=O)n1cnnn1. The van der Waals surface area contributed by atoms with Gasteiger partial charge in [-0.3, -0.25) is 9.69 Å². The second-order valence-corrected chi connectivity index (χ2v) is 2.56. The van der Waals surface area contributed by atoms with Gasteiger partial charge in [0.05, 0.1) is 0 Å². The van der Waals surface area contributed by atoms with Crippen LogP contribution in [0, 0.1) is 0 Å². The van der Waals surface area contributed by atoms with Crippen LogP contribution in [0.1, 0.15) is 6.17 Å². The number of tetrazole rings is 1. The summed E-state index contributed by atoms with van der Waals surface area (Å²) in [5.41, 5.74) is 0. The molecule has 1 unspecified atom stereocenters. The number of carbonyl (C=O) groups is 2. The number of carbonyl (C=O) groups excluding carboxylic acids is 1. The zero-order valence-corrected chi connectivity index (χ0v) is 7.72. The van der Waals surface area contributed by atoms with Crippen LogP contribution < -0.4 is 0 Å². The minimum absolute atomic E-state index is 0.0125. The summed E-state index contributed by atoms with van der Waals surface area (Å²) in [5.74, 6) is 0. The van der Waals surface area contributed by atoms with Crippen molar-refractivity contribution in [2.45, 2.75) is 6.17 Å². The summed E-state index contributed by atoms with van der Waals surface area (Å²) in [4.78, 5) is 22.4. The third-order valence-corrected chi connectivity index (χ3v) is 1.65. The fraction of sp³-hybridized carbons (Fsp3) is 0.286. The minimum atomic E-state index is -1.25. The van der Waals surface area contributed by atoms with Gasteiger partial charge in [-0.1, -0.05) is 6.08 Å². The van der Waals surface area contributed by atoms with Gasteiger partial charge < -0.3 is 5.11 Å². The van der Waals surface area contributed by atoms with Crippen LogP contribution in [0.2, 0.25) is 0 Å². The van der Waals surface area contributed by atoms with Crippen molar-refractivity contribution in [3.63, 3.8) is 0 Å². The fourth-order valence-corrected chi connectivity index (χ4v) is 1.01. The van der Waals surface area contributed by atoms with Crippen LogP contribution in [0.15, 0.2) is 19.0 Å². The Morgan fingerprint density at radius 2 is 2.47 bits per heavy atom. The molecule has 8 heteroatoms. The van der Waals surface area contributed by atoms with Crippen molar-refractivity contribution >= 4 is 12.4 Å². The van der Waals surface area contributed by atoms with Gasteiger partial charge in [-0.15, -0.1) is 11.7 Å². The molecule has 0 spiro atoms. The average Bonchev–Trinajstić information content (AvgIpc) is 2.71. The number of aromatic nitrogens is 4. The van der Waals surface area contributed by atoms with Gasteiger partial charge in [-0.25, -0.2) is 9.48 Å². The number of rotatable bonds is 5. The molecule has 1 amide bonds. The predicted molar refractivity (Wildman–Crippen MR) is 47.8 cm³/mol. The van der Waals surface area contributed by atoms with Crippen molar-refractivity contribution in [1.29, 1.82) is 0 Å². The molecule has 1 heterocycles. The first-order valence-corrected chi connectivity index (χ1v) is 3.99. The molecule has 0 aliphatic heterocycles. The highest BCUT2D eigenvalue weighted by molar-refractivity contribution is 5.70.